The van der Waals surface area contributed by atoms with Crippen LogP contribution in [0, 0.1) is 6.92 Å². The van der Waals surface area contributed by atoms with Crippen LogP contribution in [0.5, 0.6) is 0 Å². The minimum Gasteiger partial charge on any atom is -0.344 e. The first kappa shape index (κ1) is 5.47. The van der Waals surface area contributed by atoms with E-state index in [0.29, 0.717) is 0 Å². The predicted octanol–water partition coefficient (Wildman–Crippen LogP) is 2.12. The van der Waals surface area contributed by atoms with Gasteiger partial charge in [0.1, 0.15) is 5.65 Å². The van der Waals surface area contributed by atoms with Gasteiger partial charge < -0.3 is 4.98 Å². The summed E-state index contributed by atoms with van der Waals surface area (Å²) >= 11 is 0. The average Bonchev–Trinajstić information content (AvgIpc) is 2.27. The minimum absolute atomic E-state index is 0. The Hall–Kier alpha value is -1.31. The summed E-state index contributed by atoms with van der Waals surface area (Å²) in [4.78, 5) is 7.29. The highest BCUT2D eigenvalue weighted by atomic mass is 14.8. The molecule has 1 N–H and O–H groups in total. The Kier molecular flexibility index (Phi) is 1.01. The van der Waals surface area contributed by atoms with E-state index >= 15 is 0 Å². The number of nitrogens with one attached hydrogen (secondary N) is 1. The topological polar surface area (TPSA) is 28.7 Å². The summed E-state index contributed by atoms with van der Waals surface area (Å²) in [5.41, 5.74) is 2.13. The maximum Gasteiger partial charge on any atom is 0.137 e. The zero-order valence-electron chi connectivity index (χ0n) is 5.76. The van der Waals surface area contributed by atoms with Crippen LogP contribution in [-0.4, -0.2) is 9.97 Å². The molecule has 0 spiro atoms. The van der Waals surface area contributed by atoms with Crippen LogP contribution in [0.15, 0.2) is 24.4 Å². The van der Waals surface area contributed by atoms with Crippen LogP contribution in [0.4, 0.5) is 0 Å². The van der Waals surface area contributed by atoms with E-state index in [1.54, 1.807) is 6.20 Å². The van der Waals surface area contributed by atoms with Gasteiger partial charge in [-0.05, 0) is 25.1 Å². The molecule has 0 aliphatic rings. The number of hydrogen-bond acceptors (Lipinski definition) is 1. The number of rotatable bonds is 0. The summed E-state index contributed by atoms with van der Waals surface area (Å²) < 4.78 is 0. The van der Waals surface area contributed by atoms with Gasteiger partial charge in [-0.3, -0.25) is 0 Å². The molecule has 2 heteroatoms. The Bertz CT molecular complexity index is 321. The highest BCUT2D eigenvalue weighted by Gasteiger charge is 1.93. The van der Waals surface area contributed by atoms with Crippen LogP contribution in [0.3, 0.4) is 0 Å². The zero-order chi connectivity index (χ0) is 6.97. The molecule has 0 unspecified atom stereocenters. The van der Waals surface area contributed by atoms with Gasteiger partial charge in [-0.1, -0.05) is 0 Å². The molecule has 2 heterocycles. The Balaban J connectivity index is 0.000000605. The molecule has 0 radical (unpaired) electrons. The fraction of sp³-hybridized carbons (Fsp3) is 0.125. The van der Waals surface area contributed by atoms with Gasteiger partial charge in [0.25, 0.3) is 0 Å². The number of hydrogen-bond donors (Lipinski definition) is 1. The molecular formula is C8H10N2. The van der Waals surface area contributed by atoms with E-state index in [4.69, 9.17) is 0 Å². The summed E-state index contributed by atoms with van der Waals surface area (Å²) in [5, 5.41) is 1.18. The van der Waals surface area contributed by atoms with Crippen LogP contribution in [0.25, 0.3) is 11.0 Å². The molecule has 52 valence electrons. The lowest BCUT2D eigenvalue weighted by atomic mass is 10.3. The smallest absolute Gasteiger partial charge is 0.137 e. The van der Waals surface area contributed by atoms with E-state index in [0.717, 1.165) is 11.3 Å². The number of nitrogens with zero attached hydrogens (tertiary/aromatic N) is 1. The van der Waals surface area contributed by atoms with Gasteiger partial charge in [0.05, 0.1) is 0 Å². The van der Waals surface area contributed by atoms with Crippen molar-refractivity contribution in [1.82, 2.24) is 9.97 Å². The Morgan fingerprint density at radius 3 is 3.30 bits per heavy atom. The maximum absolute atomic E-state index is 4.15. The second-order valence-electron chi connectivity index (χ2n) is 2.39. The number of H-pyrrole nitrogens is 1. The molecule has 0 aliphatic carbocycles. The van der Waals surface area contributed by atoms with Crippen molar-refractivity contribution < 1.29 is 1.43 Å². The van der Waals surface area contributed by atoms with Crippen molar-refractivity contribution >= 4 is 11.0 Å². The van der Waals surface area contributed by atoms with Crippen LogP contribution >= 0.6 is 0 Å². The van der Waals surface area contributed by atoms with Crippen molar-refractivity contribution in [1.29, 1.82) is 0 Å². The lowest BCUT2D eigenvalue weighted by Gasteiger charge is -1.82. The van der Waals surface area contributed by atoms with Crippen LogP contribution in [-0.2, 0) is 0 Å². The summed E-state index contributed by atoms with van der Waals surface area (Å²) in [5.74, 6) is 0. The number of pyridine rings is 1. The lowest BCUT2D eigenvalue weighted by Crippen LogP contribution is -1.72. The SMILES string of the molecule is Cc1cc2cccnc2[nH]1.[HH]. The van der Waals surface area contributed by atoms with Crippen molar-refractivity contribution in [3.8, 4) is 0 Å². The lowest BCUT2D eigenvalue weighted by molar-refractivity contribution is 1.25. The molecule has 0 atom stereocenters. The maximum atomic E-state index is 4.15. The van der Waals surface area contributed by atoms with E-state index in [1.165, 1.54) is 5.39 Å². The van der Waals surface area contributed by atoms with E-state index in [1.807, 2.05) is 19.1 Å². The molecule has 0 saturated heterocycles. The molecule has 0 aliphatic heterocycles. The van der Waals surface area contributed by atoms with Crippen molar-refractivity contribution in [2.24, 2.45) is 0 Å². The van der Waals surface area contributed by atoms with Crippen molar-refractivity contribution in [2.45, 2.75) is 6.92 Å². The van der Waals surface area contributed by atoms with Gasteiger partial charge in [0, 0.05) is 18.7 Å². The fourth-order valence-corrected chi connectivity index (χ4v) is 1.09. The summed E-state index contributed by atoms with van der Waals surface area (Å²) in [6.45, 7) is 2.03. The quantitative estimate of drug-likeness (QED) is 0.587. The number of fused-ring (bicyclic) bond motifs is 1. The minimum atomic E-state index is 0. The van der Waals surface area contributed by atoms with Crippen LogP contribution < -0.4 is 0 Å². The Morgan fingerprint density at radius 2 is 2.50 bits per heavy atom. The fourth-order valence-electron chi connectivity index (χ4n) is 1.09. The average molecular weight is 134 g/mol. The summed E-state index contributed by atoms with van der Waals surface area (Å²) in [6.07, 6.45) is 1.79. The molecule has 0 amide bonds. The van der Waals surface area contributed by atoms with E-state index < -0.39 is 0 Å². The molecular weight excluding hydrogens is 124 g/mol. The second kappa shape index (κ2) is 1.84. The van der Waals surface area contributed by atoms with Gasteiger partial charge in [0.15, 0.2) is 0 Å². The monoisotopic (exact) mass is 134 g/mol. The van der Waals surface area contributed by atoms with Gasteiger partial charge >= 0.3 is 0 Å². The first-order valence-corrected chi connectivity index (χ1v) is 3.26. The van der Waals surface area contributed by atoms with Gasteiger partial charge in [-0.2, -0.15) is 0 Å². The Labute approximate surface area is 60.4 Å². The molecule has 2 aromatic rings. The van der Waals surface area contributed by atoms with E-state index in [9.17, 15) is 0 Å². The van der Waals surface area contributed by atoms with E-state index in [-0.39, 0.29) is 1.43 Å². The molecule has 2 aromatic heterocycles. The number of aromatic amines is 1. The molecule has 2 nitrogen and oxygen atoms in total. The summed E-state index contributed by atoms with van der Waals surface area (Å²) in [6, 6.07) is 6.07. The highest BCUT2D eigenvalue weighted by Crippen LogP contribution is 2.10. The first-order chi connectivity index (χ1) is 4.86. The number of aromatic nitrogens is 2. The summed E-state index contributed by atoms with van der Waals surface area (Å²) in [7, 11) is 0. The zero-order valence-corrected chi connectivity index (χ0v) is 5.76. The third-order valence-electron chi connectivity index (χ3n) is 1.53. The molecule has 10 heavy (non-hydrogen) atoms. The Morgan fingerprint density at radius 1 is 1.60 bits per heavy atom. The van der Waals surface area contributed by atoms with Gasteiger partial charge in [-0.25, -0.2) is 4.98 Å². The third-order valence-corrected chi connectivity index (χ3v) is 1.53. The second-order valence-corrected chi connectivity index (χ2v) is 2.39. The van der Waals surface area contributed by atoms with Crippen molar-refractivity contribution in [3.05, 3.63) is 30.1 Å². The largest absolute Gasteiger partial charge is 0.344 e. The molecule has 0 saturated carbocycles. The first-order valence-electron chi connectivity index (χ1n) is 3.26. The highest BCUT2D eigenvalue weighted by molar-refractivity contribution is 5.75. The van der Waals surface area contributed by atoms with Gasteiger partial charge in [0.2, 0.25) is 0 Å². The molecule has 0 aromatic carbocycles. The van der Waals surface area contributed by atoms with Crippen molar-refractivity contribution in [2.75, 3.05) is 0 Å². The standard InChI is InChI=1S/C8H8N2.H2/c1-6-5-7-3-2-4-9-8(7)10-6;/h2-5H,1H3,(H,9,10);1H. The van der Waals surface area contributed by atoms with Gasteiger partial charge in [-0.15, -0.1) is 0 Å². The molecule has 0 fully saturated rings. The third kappa shape index (κ3) is 0.692. The molecule has 2 rings (SSSR count). The van der Waals surface area contributed by atoms with Crippen molar-refractivity contribution in [3.63, 3.8) is 0 Å². The van der Waals surface area contributed by atoms with E-state index in [2.05, 4.69) is 16.0 Å². The normalized spacial score (nSPS) is 10.5. The van der Waals surface area contributed by atoms with Crippen LogP contribution in [0.1, 0.15) is 7.12 Å². The molecule has 0 bridgehead atoms. The van der Waals surface area contributed by atoms with Crippen LogP contribution in [0.2, 0.25) is 0 Å². The number of aryl methyl sites for hydroxylation is 1. The predicted molar refractivity (Wildman–Crippen MR) is 42.9 cm³/mol.